The Morgan fingerprint density at radius 1 is 1.29 bits per heavy atom. The van der Waals surface area contributed by atoms with Gasteiger partial charge in [0.25, 0.3) is 0 Å². The number of imide groups is 1. The van der Waals surface area contributed by atoms with Crippen molar-refractivity contribution in [1.82, 2.24) is 4.90 Å². The minimum atomic E-state index is -0.0498. The van der Waals surface area contributed by atoms with Gasteiger partial charge in [-0.05, 0) is 18.6 Å². The molecule has 2 unspecified atom stereocenters. The minimum Gasteiger partial charge on any atom is -0.398 e. The molecule has 2 N–H and O–H groups in total. The highest BCUT2D eigenvalue weighted by molar-refractivity contribution is 9.10. The number of rotatable bonds is 2. The lowest BCUT2D eigenvalue weighted by atomic mass is 10.1. The number of halogens is 1. The van der Waals surface area contributed by atoms with Gasteiger partial charge in [0.15, 0.2) is 0 Å². The van der Waals surface area contributed by atoms with Crippen LogP contribution < -0.4 is 5.73 Å². The van der Waals surface area contributed by atoms with Gasteiger partial charge in [-0.25, -0.2) is 0 Å². The first-order valence-electron chi connectivity index (χ1n) is 5.47. The van der Waals surface area contributed by atoms with E-state index < -0.39 is 0 Å². The molecule has 2 amide bonds. The van der Waals surface area contributed by atoms with E-state index in [-0.39, 0.29) is 30.2 Å². The molecule has 5 heteroatoms. The van der Waals surface area contributed by atoms with E-state index in [1.54, 1.807) is 6.07 Å². The summed E-state index contributed by atoms with van der Waals surface area (Å²) in [6, 6.07) is 5.46. The summed E-state index contributed by atoms with van der Waals surface area (Å²) >= 11 is 3.39. The summed E-state index contributed by atoms with van der Waals surface area (Å²) < 4.78 is 0.832. The quantitative estimate of drug-likeness (QED) is 0.665. The lowest BCUT2D eigenvalue weighted by Crippen LogP contribution is -2.32. The van der Waals surface area contributed by atoms with Gasteiger partial charge in [0, 0.05) is 15.7 Å². The second-order valence-corrected chi connectivity index (χ2v) is 5.37. The normalized spacial score (nSPS) is 26.3. The number of hydrogen-bond acceptors (Lipinski definition) is 3. The third-order valence-corrected chi connectivity index (χ3v) is 4.17. The van der Waals surface area contributed by atoms with E-state index in [4.69, 9.17) is 5.73 Å². The predicted octanol–water partition coefficient (Wildman–Crippen LogP) is 1.54. The van der Waals surface area contributed by atoms with Gasteiger partial charge in [-0.2, -0.15) is 0 Å². The molecule has 1 aromatic carbocycles. The molecule has 2 atom stereocenters. The molecule has 0 aromatic heterocycles. The molecule has 88 valence electrons. The number of fused-ring (bicyclic) bond motifs is 1. The minimum absolute atomic E-state index is 0.0462. The van der Waals surface area contributed by atoms with Crippen molar-refractivity contribution in [1.29, 1.82) is 0 Å². The largest absolute Gasteiger partial charge is 0.398 e. The molecule has 2 aliphatic rings. The van der Waals surface area contributed by atoms with Gasteiger partial charge in [0.1, 0.15) is 0 Å². The van der Waals surface area contributed by atoms with Crippen LogP contribution in [0.3, 0.4) is 0 Å². The van der Waals surface area contributed by atoms with Crippen LogP contribution in [0, 0.1) is 11.8 Å². The number of carbonyl (C=O) groups excluding carboxylic acids is 2. The van der Waals surface area contributed by atoms with E-state index in [1.165, 1.54) is 4.90 Å². The molecule has 1 heterocycles. The number of carbonyl (C=O) groups is 2. The molecule has 1 saturated carbocycles. The van der Waals surface area contributed by atoms with E-state index in [9.17, 15) is 9.59 Å². The van der Waals surface area contributed by atoms with Crippen molar-refractivity contribution < 1.29 is 9.59 Å². The first-order valence-corrected chi connectivity index (χ1v) is 6.27. The molecule has 1 aliphatic heterocycles. The number of amides is 2. The van der Waals surface area contributed by atoms with Gasteiger partial charge in [-0.15, -0.1) is 0 Å². The molecule has 17 heavy (non-hydrogen) atoms. The summed E-state index contributed by atoms with van der Waals surface area (Å²) in [6.07, 6.45) is 0.736. The van der Waals surface area contributed by atoms with E-state index in [0.717, 1.165) is 16.5 Å². The molecular formula is C12H11BrN2O2. The molecule has 3 rings (SSSR count). The van der Waals surface area contributed by atoms with E-state index in [0.29, 0.717) is 5.69 Å². The van der Waals surface area contributed by atoms with Gasteiger partial charge in [0.05, 0.1) is 18.4 Å². The average Bonchev–Trinajstić information content (AvgIpc) is 3.03. The van der Waals surface area contributed by atoms with Crippen LogP contribution in [0.5, 0.6) is 0 Å². The monoisotopic (exact) mass is 294 g/mol. The topological polar surface area (TPSA) is 63.4 Å². The highest BCUT2D eigenvalue weighted by Crippen LogP contribution is 2.47. The second kappa shape index (κ2) is 3.57. The number of hydrogen-bond donors (Lipinski definition) is 1. The van der Waals surface area contributed by atoms with Crippen molar-refractivity contribution in [2.45, 2.75) is 13.0 Å². The van der Waals surface area contributed by atoms with Crippen LogP contribution in [0.15, 0.2) is 22.7 Å². The van der Waals surface area contributed by atoms with Gasteiger partial charge < -0.3 is 5.73 Å². The number of piperidine rings is 1. The fourth-order valence-electron chi connectivity index (χ4n) is 2.31. The smallest absolute Gasteiger partial charge is 0.233 e. The summed E-state index contributed by atoms with van der Waals surface area (Å²) in [6.45, 7) is 0.276. The van der Waals surface area contributed by atoms with Crippen molar-refractivity contribution in [3.8, 4) is 0 Å². The summed E-state index contributed by atoms with van der Waals surface area (Å²) in [4.78, 5) is 25.0. The van der Waals surface area contributed by atoms with E-state index in [1.807, 2.05) is 12.1 Å². The Kier molecular flexibility index (Phi) is 2.26. The number of likely N-dealkylation sites (tertiary alicyclic amines) is 1. The molecule has 0 spiro atoms. The van der Waals surface area contributed by atoms with Crippen LogP contribution in [-0.4, -0.2) is 16.7 Å². The third kappa shape index (κ3) is 1.57. The van der Waals surface area contributed by atoms with Crippen LogP contribution in [0.25, 0.3) is 0 Å². The lowest BCUT2D eigenvalue weighted by Gasteiger charge is -2.18. The van der Waals surface area contributed by atoms with Crippen molar-refractivity contribution in [3.05, 3.63) is 28.2 Å². The number of nitrogens with zero attached hydrogens (tertiary/aromatic N) is 1. The molecular weight excluding hydrogens is 284 g/mol. The Bertz CT molecular complexity index is 489. The van der Waals surface area contributed by atoms with Gasteiger partial charge in [-0.3, -0.25) is 14.5 Å². The fraction of sp³-hybridized carbons (Fsp3) is 0.333. The fourth-order valence-corrected chi connectivity index (χ4v) is 2.81. The Hall–Kier alpha value is -1.36. The summed E-state index contributed by atoms with van der Waals surface area (Å²) in [5.41, 5.74) is 7.26. The second-order valence-electron chi connectivity index (χ2n) is 4.52. The van der Waals surface area contributed by atoms with Gasteiger partial charge >= 0.3 is 0 Å². The van der Waals surface area contributed by atoms with Crippen LogP contribution >= 0.6 is 15.9 Å². The zero-order valence-corrected chi connectivity index (χ0v) is 10.6. The maximum atomic E-state index is 11.8. The highest BCUT2D eigenvalue weighted by Gasteiger charge is 2.58. The SMILES string of the molecule is Nc1cccc(Br)c1CN1C(=O)C2CC2C1=O. The van der Waals surface area contributed by atoms with Crippen molar-refractivity contribution in [3.63, 3.8) is 0 Å². The van der Waals surface area contributed by atoms with Crippen molar-refractivity contribution >= 4 is 33.4 Å². The summed E-state index contributed by atoms with van der Waals surface area (Å²) in [5.74, 6) is -0.192. The first-order chi connectivity index (χ1) is 8.09. The summed E-state index contributed by atoms with van der Waals surface area (Å²) in [5, 5.41) is 0. The van der Waals surface area contributed by atoms with Crippen LogP contribution in [0.2, 0.25) is 0 Å². The number of benzene rings is 1. The van der Waals surface area contributed by atoms with Crippen molar-refractivity contribution in [2.24, 2.45) is 11.8 Å². The molecule has 4 nitrogen and oxygen atoms in total. The van der Waals surface area contributed by atoms with E-state index >= 15 is 0 Å². The predicted molar refractivity (Wildman–Crippen MR) is 65.7 cm³/mol. The molecule has 0 radical (unpaired) electrons. The first kappa shape index (κ1) is 10.8. The maximum Gasteiger partial charge on any atom is 0.233 e. The maximum absolute atomic E-state index is 11.8. The van der Waals surface area contributed by atoms with Crippen LogP contribution in [0.1, 0.15) is 12.0 Å². The highest BCUT2D eigenvalue weighted by atomic mass is 79.9. The average molecular weight is 295 g/mol. The number of nitrogen functional groups attached to an aromatic ring is 1. The van der Waals surface area contributed by atoms with Gasteiger partial charge in [0.2, 0.25) is 11.8 Å². The van der Waals surface area contributed by atoms with Crippen LogP contribution in [0.4, 0.5) is 5.69 Å². The molecule has 1 aromatic rings. The molecule has 1 saturated heterocycles. The summed E-state index contributed by atoms with van der Waals surface area (Å²) in [7, 11) is 0. The van der Waals surface area contributed by atoms with Gasteiger partial charge in [-0.1, -0.05) is 22.0 Å². The molecule has 2 fully saturated rings. The van der Waals surface area contributed by atoms with E-state index in [2.05, 4.69) is 15.9 Å². The Morgan fingerprint density at radius 3 is 2.53 bits per heavy atom. The number of anilines is 1. The standard InChI is InChI=1S/C12H11BrN2O2/c13-9-2-1-3-10(14)8(9)5-15-11(16)6-4-7(6)12(15)17/h1-3,6-7H,4-5,14H2. The Labute approximate surface area is 107 Å². The molecule has 1 aliphatic carbocycles. The van der Waals surface area contributed by atoms with Crippen LogP contribution in [-0.2, 0) is 16.1 Å². The Morgan fingerprint density at radius 2 is 1.94 bits per heavy atom. The lowest BCUT2D eigenvalue weighted by molar-refractivity contribution is -0.142. The number of nitrogens with two attached hydrogens (primary N) is 1. The molecule has 0 bridgehead atoms. The Balaban J connectivity index is 1.88. The zero-order valence-electron chi connectivity index (χ0n) is 9.02. The van der Waals surface area contributed by atoms with Crippen molar-refractivity contribution in [2.75, 3.05) is 5.73 Å². The third-order valence-electron chi connectivity index (χ3n) is 3.43. The zero-order chi connectivity index (χ0) is 12.2.